The van der Waals surface area contributed by atoms with Crippen LogP contribution in [0.4, 0.5) is 11.4 Å². The molecule has 1 aliphatic rings. The lowest BCUT2D eigenvalue weighted by Gasteiger charge is -2.21. The van der Waals surface area contributed by atoms with Crippen LogP contribution in [-0.2, 0) is 0 Å². The van der Waals surface area contributed by atoms with E-state index in [-0.39, 0.29) is 0 Å². The van der Waals surface area contributed by atoms with Gasteiger partial charge < -0.3 is 16.4 Å². The number of amides is 1. The number of hydrogen-bond donors (Lipinski definition) is 2. The van der Waals surface area contributed by atoms with Gasteiger partial charge in [-0.3, -0.25) is 4.79 Å². The lowest BCUT2D eigenvalue weighted by molar-refractivity contribution is 0.100. The Morgan fingerprint density at radius 2 is 2.18 bits per heavy atom. The van der Waals surface area contributed by atoms with E-state index in [1.807, 2.05) is 13.1 Å². The second kappa shape index (κ2) is 4.28. The van der Waals surface area contributed by atoms with Crippen molar-refractivity contribution in [3.8, 4) is 0 Å². The molecule has 17 heavy (non-hydrogen) atoms. The molecule has 0 aromatic heterocycles. The monoisotopic (exact) mass is 233 g/mol. The van der Waals surface area contributed by atoms with Gasteiger partial charge in [0.25, 0.3) is 5.91 Å². The number of primary amides is 1. The van der Waals surface area contributed by atoms with Crippen molar-refractivity contribution < 1.29 is 4.79 Å². The van der Waals surface area contributed by atoms with E-state index in [0.29, 0.717) is 11.3 Å². The Morgan fingerprint density at radius 3 is 2.71 bits per heavy atom. The second-order valence-corrected chi connectivity index (χ2v) is 4.99. The number of carbonyl (C=O) groups is 1. The molecule has 2 unspecified atom stereocenters. The predicted molar refractivity (Wildman–Crippen MR) is 69.9 cm³/mol. The average Bonchev–Trinajstić information content (AvgIpc) is 2.93. The summed E-state index contributed by atoms with van der Waals surface area (Å²) in [4.78, 5) is 13.5. The zero-order valence-electron chi connectivity index (χ0n) is 10.3. The summed E-state index contributed by atoms with van der Waals surface area (Å²) in [6, 6.07) is 5.31. The summed E-state index contributed by atoms with van der Waals surface area (Å²) in [6.07, 6.45) is 1.27. The highest BCUT2D eigenvalue weighted by Crippen LogP contribution is 2.39. The molecule has 1 aromatic carbocycles. The van der Waals surface area contributed by atoms with E-state index in [0.717, 1.165) is 24.1 Å². The highest BCUT2D eigenvalue weighted by atomic mass is 16.1. The third-order valence-corrected chi connectivity index (χ3v) is 3.48. The Balaban J connectivity index is 2.21. The zero-order valence-corrected chi connectivity index (χ0v) is 10.3. The molecule has 1 saturated carbocycles. The molecule has 1 aromatic rings. The summed E-state index contributed by atoms with van der Waals surface area (Å²) in [5.74, 6) is 1.10. The first kappa shape index (κ1) is 11.8. The molecule has 0 spiro atoms. The Kier molecular flexibility index (Phi) is 2.96. The molecule has 4 nitrogen and oxygen atoms in total. The number of carbonyl (C=O) groups excluding carboxylic acids is 1. The number of nitrogen functional groups attached to an aromatic ring is 1. The maximum Gasteiger partial charge on any atom is 0.250 e. The Morgan fingerprint density at radius 1 is 1.53 bits per heavy atom. The van der Waals surface area contributed by atoms with Gasteiger partial charge in [0.2, 0.25) is 0 Å². The number of benzene rings is 1. The predicted octanol–water partition coefficient (Wildman–Crippen LogP) is 1.46. The molecule has 0 aliphatic heterocycles. The molecule has 2 rings (SSSR count). The van der Waals surface area contributed by atoms with Gasteiger partial charge in [0.15, 0.2) is 0 Å². The third kappa shape index (κ3) is 2.52. The summed E-state index contributed by atoms with van der Waals surface area (Å²) >= 11 is 0. The molecule has 4 heteroatoms. The standard InChI is InChI=1S/C13H19N3O/c1-8-5-9(8)7-16(2)12-4-3-10(14)6-11(12)13(15)17/h3-4,6,8-9H,5,7,14H2,1-2H3,(H2,15,17). The van der Waals surface area contributed by atoms with Gasteiger partial charge in [-0.1, -0.05) is 6.92 Å². The molecular weight excluding hydrogens is 214 g/mol. The number of hydrogen-bond acceptors (Lipinski definition) is 3. The smallest absolute Gasteiger partial charge is 0.250 e. The number of nitrogens with zero attached hydrogens (tertiary/aromatic N) is 1. The van der Waals surface area contributed by atoms with E-state index in [1.165, 1.54) is 6.42 Å². The SMILES string of the molecule is CC1CC1CN(C)c1ccc(N)cc1C(N)=O. The summed E-state index contributed by atoms with van der Waals surface area (Å²) in [7, 11) is 1.99. The van der Waals surface area contributed by atoms with Crippen molar-refractivity contribution in [3.63, 3.8) is 0 Å². The van der Waals surface area contributed by atoms with Crippen molar-refractivity contribution in [2.24, 2.45) is 17.6 Å². The van der Waals surface area contributed by atoms with Crippen molar-refractivity contribution in [1.82, 2.24) is 0 Å². The minimum atomic E-state index is -0.428. The minimum Gasteiger partial charge on any atom is -0.399 e. The van der Waals surface area contributed by atoms with Crippen molar-refractivity contribution in [1.29, 1.82) is 0 Å². The van der Waals surface area contributed by atoms with E-state index in [2.05, 4.69) is 11.8 Å². The highest BCUT2D eigenvalue weighted by molar-refractivity contribution is 5.99. The molecule has 1 amide bonds. The summed E-state index contributed by atoms with van der Waals surface area (Å²) in [5, 5.41) is 0. The second-order valence-electron chi connectivity index (χ2n) is 4.99. The third-order valence-electron chi connectivity index (χ3n) is 3.48. The first-order chi connectivity index (χ1) is 7.99. The molecule has 0 heterocycles. The number of rotatable bonds is 4. The lowest BCUT2D eigenvalue weighted by Crippen LogP contribution is -2.24. The van der Waals surface area contributed by atoms with Crippen LogP contribution in [0.2, 0.25) is 0 Å². The van der Waals surface area contributed by atoms with Crippen molar-refractivity contribution in [2.45, 2.75) is 13.3 Å². The van der Waals surface area contributed by atoms with Crippen molar-refractivity contribution in [2.75, 3.05) is 24.2 Å². The van der Waals surface area contributed by atoms with E-state index in [9.17, 15) is 4.79 Å². The average molecular weight is 233 g/mol. The fourth-order valence-electron chi connectivity index (χ4n) is 2.19. The van der Waals surface area contributed by atoms with E-state index in [1.54, 1.807) is 12.1 Å². The maximum atomic E-state index is 11.4. The van der Waals surface area contributed by atoms with Gasteiger partial charge in [-0.15, -0.1) is 0 Å². The van der Waals surface area contributed by atoms with Gasteiger partial charge in [0.1, 0.15) is 0 Å². The topological polar surface area (TPSA) is 72.3 Å². The minimum absolute atomic E-state index is 0.428. The van der Waals surface area contributed by atoms with Crippen molar-refractivity contribution >= 4 is 17.3 Å². The molecule has 1 aliphatic carbocycles. The van der Waals surface area contributed by atoms with Gasteiger partial charge in [-0.25, -0.2) is 0 Å². The fourth-order valence-corrected chi connectivity index (χ4v) is 2.19. The molecule has 0 saturated heterocycles. The van der Waals surface area contributed by atoms with Crippen LogP contribution in [0.1, 0.15) is 23.7 Å². The highest BCUT2D eigenvalue weighted by Gasteiger charge is 2.33. The summed E-state index contributed by atoms with van der Waals surface area (Å²) < 4.78 is 0. The molecule has 1 fully saturated rings. The molecule has 0 radical (unpaired) electrons. The van der Waals surface area contributed by atoms with Crippen molar-refractivity contribution in [3.05, 3.63) is 23.8 Å². The van der Waals surface area contributed by atoms with Gasteiger partial charge in [-0.2, -0.15) is 0 Å². The van der Waals surface area contributed by atoms with Crippen LogP contribution in [0.5, 0.6) is 0 Å². The van der Waals surface area contributed by atoms with Crippen LogP contribution < -0.4 is 16.4 Å². The van der Waals surface area contributed by atoms with Crippen LogP contribution in [-0.4, -0.2) is 19.5 Å². The Bertz CT molecular complexity index is 444. The number of anilines is 2. The van der Waals surface area contributed by atoms with Gasteiger partial charge in [-0.05, 0) is 36.5 Å². The quantitative estimate of drug-likeness (QED) is 0.773. The van der Waals surface area contributed by atoms with E-state index >= 15 is 0 Å². The van der Waals surface area contributed by atoms with E-state index < -0.39 is 5.91 Å². The first-order valence-corrected chi connectivity index (χ1v) is 5.89. The maximum absolute atomic E-state index is 11.4. The molecule has 92 valence electrons. The fraction of sp³-hybridized carbons (Fsp3) is 0.462. The van der Waals surface area contributed by atoms with Crippen LogP contribution in [0, 0.1) is 11.8 Å². The van der Waals surface area contributed by atoms with Crippen LogP contribution >= 0.6 is 0 Å². The Hall–Kier alpha value is -1.71. The van der Waals surface area contributed by atoms with Crippen LogP contribution in [0.25, 0.3) is 0 Å². The normalized spacial score (nSPS) is 22.2. The molecule has 4 N–H and O–H groups in total. The van der Waals surface area contributed by atoms with Crippen LogP contribution in [0.15, 0.2) is 18.2 Å². The molecule has 0 bridgehead atoms. The van der Waals surface area contributed by atoms with Gasteiger partial charge in [0.05, 0.1) is 5.56 Å². The van der Waals surface area contributed by atoms with Gasteiger partial charge >= 0.3 is 0 Å². The largest absolute Gasteiger partial charge is 0.399 e. The van der Waals surface area contributed by atoms with Gasteiger partial charge in [0, 0.05) is 25.0 Å². The zero-order chi connectivity index (χ0) is 12.6. The van der Waals surface area contributed by atoms with Crippen LogP contribution in [0.3, 0.4) is 0 Å². The first-order valence-electron chi connectivity index (χ1n) is 5.89. The molecular formula is C13H19N3O. The van der Waals surface area contributed by atoms with E-state index in [4.69, 9.17) is 11.5 Å². The molecule has 2 atom stereocenters. The lowest BCUT2D eigenvalue weighted by atomic mass is 10.1. The Labute approximate surface area is 102 Å². The summed E-state index contributed by atoms with van der Waals surface area (Å²) in [6.45, 7) is 3.21. The summed E-state index contributed by atoms with van der Waals surface area (Å²) in [5.41, 5.74) is 13.0. The number of nitrogens with two attached hydrogens (primary N) is 2.